The zero-order chi connectivity index (χ0) is 21.8. The van der Waals surface area contributed by atoms with Crippen molar-refractivity contribution in [2.24, 2.45) is 0 Å². The van der Waals surface area contributed by atoms with Crippen molar-refractivity contribution in [3.8, 4) is 0 Å². The van der Waals surface area contributed by atoms with Crippen LogP contribution in [0.15, 0.2) is 60.7 Å². The summed E-state index contributed by atoms with van der Waals surface area (Å²) in [6.45, 7) is 3.40. The number of hydrogen-bond donors (Lipinski definition) is 2. The van der Waals surface area contributed by atoms with Crippen LogP contribution in [0.3, 0.4) is 0 Å². The van der Waals surface area contributed by atoms with Gasteiger partial charge in [0.1, 0.15) is 18.9 Å². The van der Waals surface area contributed by atoms with Gasteiger partial charge in [0, 0.05) is 0 Å². The zero-order valence-electron chi connectivity index (χ0n) is 17.1. The average Bonchev–Trinajstić information content (AvgIpc) is 2.76. The van der Waals surface area contributed by atoms with Crippen LogP contribution >= 0.6 is 7.52 Å². The predicted molar refractivity (Wildman–Crippen MR) is 113 cm³/mol. The minimum Gasteiger partial charge on any atom is -0.465 e. The standard InChI is InChI=1S/C21H27N2O6P/c1-3-27-19(24)15-22-30(26,29-4-2)20(18-13-9-6-10-14-18)23-21(25)28-16-17-11-7-5-8-12-17/h5-14,20H,3-4,15-16H2,1-2H3,(H,22,26)(H,23,25). The van der Waals surface area contributed by atoms with Gasteiger partial charge >= 0.3 is 12.1 Å². The maximum absolute atomic E-state index is 13.6. The molecule has 8 nitrogen and oxygen atoms in total. The lowest BCUT2D eigenvalue weighted by Crippen LogP contribution is -2.35. The Morgan fingerprint density at radius 2 is 1.57 bits per heavy atom. The minimum absolute atomic E-state index is 0.0589. The van der Waals surface area contributed by atoms with Gasteiger partial charge in [-0.1, -0.05) is 60.7 Å². The summed E-state index contributed by atoms with van der Waals surface area (Å²) in [5, 5.41) is 5.27. The van der Waals surface area contributed by atoms with Gasteiger partial charge in [0.05, 0.1) is 13.2 Å². The van der Waals surface area contributed by atoms with E-state index >= 15 is 0 Å². The Kier molecular flexibility index (Phi) is 9.54. The molecule has 2 atom stereocenters. The van der Waals surface area contributed by atoms with Gasteiger partial charge in [-0.3, -0.25) is 9.36 Å². The summed E-state index contributed by atoms with van der Waals surface area (Å²) in [7, 11) is -3.74. The van der Waals surface area contributed by atoms with Gasteiger partial charge in [0.25, 0.3) is 7.52 Å². The normalized spacial score (nSPS) is 13.7. The van der Waals surface area contributed by atoms with Gasteiger partial charge in [0.15, 0.2) is 0 Å². The van der Waals surface area contributed by atoms with E-state index in [2.05, 4.69) is 10.4 Å². The molecule has 2 aromatic rings. The van der Waals surface area contributed by atoms with E-state index in [1.54, 1.807) is 44.2 Å². The Labute approximate surface area is 176 Å². The molecule has 2 N–H and O–H groups in total. The summed E-state index contributed by atoms with van der Waals surface area (Å²) in [6, 6.07) is 17.9. The van der Waals surface area contributed by atoms with Crippen molar-refractivity contribution in [1.82, 2.24) is 10.4 Å². The first-order valence-electron chi connectivity index (χ1n) is 9.65. The first-order chi connectivity index (χ1) is 14.5. The first kappa shape index (κ1) is 23.6. The highest BCUT2D eigenvalue weighted by molar-refractivity contribution is 7.57. The molecular formula is C21H27N2O6P. The van der Waals surface area contributed by atoms with Crippen LogP contribution in [0.25, 0.3) is 0 Å². The maximum atomic E-state index is 13.6. The van der Waals surface area contributed by atoms with Crippen molar-refractivity contribution in [1.29, 1.82) is 0 Å². The number of alkyl carbamates (subject to hydrolysis) is 1. The second-order valence-electron chi connectivity index (χ2n) is 6.17. The van der Waals surface area contributed by atoms with Gasteiger partial charge in [-0.05, 0) is 25.0 Å². The minimum atomic E-state index is -3.74. The first-order valence-corrected chi connectivity index (χ1v) is 11.3. The second kappa shape index (κ2) is 12.1. The van der Waals surface area contributed by atoms with E-state index in [0.29, 0.717) is 5.56 Å². The van der Waals surface area contributed by atoms with Crippen LogP contribution in [0.1, 0.15) is 30.8 Å². The van der Waals surface area contributed by atoms with Crippen LogP contribution in [-0.2, 0) is 30.0 Å². The number of nitrogens with one attached hydrogen (secondary N) is 2. The molecule has 9 heteroatoms. The number of carbonyl (C=O) groups is 2. The van der Waals surface area contributed by atoms with E-state index < -0.39 is 25.4 Å². The largest absolute Gasteiger partial charge is 0.465 e. The summed E-state index contributed by atoms with van der Waals surface area (Å²) in [5.41, 5.74) is 1.36. The van der Waals surface area contributed by atoms with Gasteiger partial charge < -0.3 is 19.3 Å². The number of hydrogen-bond acceptors (Lipinski definition) is 6. The molecule has 0 saturated heterocycles. The topological polar surface area (TPSA) is 103 Å². The summed E-state index contributed by atoms with van der Waals surface area (Å²) >= 11 is 0. The lowest BCUT2D eigenvalue weighted by Gasteiger charge is -2.28. The molecule has 0 aliphatic heterocycles. The van der Waals surface area contributed by atoms with E-state index in [0.717, 1.165) is 5.56 Å². The summed E-state index contributed by atoms with van der Waals surface area (Å²) < 4.78 is 29.3. The van der Waals surface area contributed by atoms with Crippen molar-refractivity contribution in [3.63, 3.8) is 0 Å². The van der Waals surface area contributed by atoms with E-state index in [1.165, 1.54) is 0 Å². The van der Waals surface area contributed by atoms with Crippen molar-refractivity contribution >= 4 is 19.6 Å². The number of esters is 1. The number of amides is 1. The Bertz CT molecular complexity index is 847. The van der Waals surface area contributed by atoms with E-state index in [4.69, 9.17) is 14.0 Å². The second-order valence-corrected chi connectivity index (χ2v) is 8.46. The summed E-state index contributed by atoms with van der Waals surface area (Å²) in [5.74, 6) is -1.63. The summed E-state index contributed by atoms with van der Waals surface area (Å²) in [6.07, 6.45) is -0.759. The van der Waals surface area contributed by atoms with E-state index in [-0.39, 0.29) is 26.4 Å². The highest BCUT2D eigenvalue weighted by Crippen LogP contribution is 2.55. The van der Waals surface area contributed by atoms with Crippen molar-refractivity contribution in [3.05, 3.63) is 71.8 Å². The SMILES string of the molecule is CCOC(=O)CNP(=O)(OCC)C(NC(=O)OCc1ccccc1)c1ccccc1. The molecule has 0 bridgehead atoms. The molecule has 0 radical (unpaired) electrons. The van der Waals surface area contributed by atoms with Gasteiger partial charge in [-0.15, -0.1) is 0 Å². The van der Waals surface area contributed by atoms with Crippen LogP contribution < -0.4 is 10.4 Å². The Morgan fingerprint density at radius 1 is 0.933 bits per heavy atom. The van der Waals surface area contributed by atoms with Crippen LogP contribution in [-0.4, -0.2) is 31.8 Å². The van der Waals surface area contributed by atoms with Crippen molar-refractivity contribution in [2.45, 2.75) is 26.2 Å². The molecule has 0 aliphatic rings. The molecule has 30 heavy (non-hydrogen) atoms. The molecule has 0 saturated carbocycles. The highest BCUT2D eigenvalue weighted by atomic mass is 31.2. The third kappa shape index (κ3) is 7.30. The molecule has 2 aromatic carbocycles. The van der Waals surface area contributed by atoms with Crippen LogP contribution in [0.2, 0.25) is 0 Å². The Balaban J connectivity index is 2.18. The molecule has 0 aliphatic carbocycles. The molecule has 0 aromatic heterocycles. The molecule has 162 valence electrons. The van der Waals surface area contributed by atoms with Gasteiger partial charge in [-0.2, -0.15) is 0 Å². The number of benzene rings is 2. The smallest absolute Gasteiger partial charge is 0.408 e. The third-order valence-electron chi connectivity index (χ3n) is 3.99. The Hall–Kier alpha value is -2.67. The van der Waals surface area contributed by atoms with Gasteiger partial charge in [0.2, 0.25) is 0 Å². The van der Waals surface area contributed by atoms with Crippen LogP contribution in [0, 0.1) is 0 Å². The van der Waals surface area contributed by atoms with Crippen molar-refractivity contribution < 1.29 is 28.2 Å². The van der Waals surface area contributed by atoms with E-state index in [1.807, 2.05) is 30.3 Å². The average molecular weight is 434 g/mol. The number of ether oxygens (including phenoxy) is 2. The molecule has 2 unspecified atom stereocenters. The number of rotatable bonds is 11. The fraction of sp³-hybridized carbons (Fsp3) is 0.333. The molecule has 1 amide bonds. The fourth-order valence-electron chi connectivity index (χ4n) is 2.67. The molecule has 0 spiro atoms. The van der Waals surface area contributed by atoms with Gasteiger partial charge in [-0.25, -0.2) is 9.88 Å². The molecular weight excluding hydrogens is 407 g/mol. The Morgan fingerprint density at radius 3 is 2.17 bits per heavy atom. The molecule has 2 rings (SSSR count). The van der Waals surface area contributed by atoms with Crippen molar-refractivity contribution in [2.75, 3.05) is 19.8 Å². The quantitative estimate of drug-likeness (QED) is 0.407. The molecule has 0 fully saturated rings. The monoisotopic (exact) mass is 434 g/mol. The fourth-order valence-corrected chi connectivity index (χ4v) is 4.66. The maximum Gasteiger partial charge on any atom is 0.408 e. The molecule has 0 heterocycles. The van der Waals surface area contributed by atoms with Crippen LogP contribution in [0.5, 0.6) is 0 Å². The third-order valence-corrected chi connectivity index (χ3v) is 6.34. The predicted octanol–water partition coefficient (Wildman–Crippen LogP) is 3.99. The lowest BCUT2D eigenvalue weighted by molar-refractivity contribution is -0.141. The number of carbonyl (C=O) groups excluding carboxylic acids is 2. The highest BCUT2D eigenvalue weighted by Gasteiger charge is 2.37. The lowest BCUT2D eigenvalue weighted by atomic mass is 10.2. The zero-order valence-corrected chi connectivity index (χ0v) is 18.0. The van der Waals surface area contributed by atoms with Crippen LogP contribution in [0.4, 0.5) is 4.79 Å². The van der Waals surface area contributed by atoms with E-state index in [9.17, 15) is 14.2 Å². The summed E-state index contributed by atoms with van der Waals surface area (Å²) in [4.78, 5) is 24.2.